The first-order chi connectivity index (χ1) is 14.9. The van der Waals surface area contributed by atoms with Crippen LogP contribution in [0.2, 0.25) is 0 Å². The topological polar surface area (TPSA) is 55.8 Å². The largest absolute Gasteiger partial charge is 0.478 e. The maximum absolute atomic E-state index is 11.8. The van der Waals surface area contributed by atoms with Crippen LogP contribution in [0, 0.1) is 12.8 Å². The van der Waals surface area contributed by atoms with Crippen molar-refractivity contribution in [2.75, 3.05) is 0 Å². The van der Waals surface area contributed by atoms with E-state index in [9.17, 15) is 9.90 Å². The molecule has 0 bridgehead atoms. The van der Waals surface area contributed by atoms with E-state index in [-0.39, 0.29) is 18.3 Å². The zero-order valence-corrected chi connectivity index (χ0v) is 19.3. The Morgan fingerprint density at radius 2 is 1.74 bits per heavy atom. The molecule has 2 aromatic rings. The molecule has 168 valence electrons. The Kier molecular flexibility index (Phi) is 8.28. The summed E-state index contributed by atoms with van der Waals surface area (Å²) in [6, 6.07) is 13.4. The number of carbonyl (C=O) groups is 1. The van der Waals surface area contributed by atoms with E-state index in [2.05, 4.69) is 20.8 Å². The van der Waals surface area contributed by atoms with Crippen molar-refractivity contribution in [2.24, 2.45) is 5.92 Å². The van der Waals surface area contributed by atoms with Gasteiger partial charge in [0, 0.05) is 0 Å². The molecule has 0 amide bonds. The molecule has 4 nitrogen and oxygen atoms in total. The third-order valence-corrected chi connectivity index (χ3v) is 6.27. The van der Waals surface area contributed by atoms with Crippen LogP contribution in [0.4, 0.5) is 0 Å². The first kappa shape index (κ1) is 23.5. The second kappa shape index (κ2) is 10.9. The van der Waals surface area contributed by atoms with Gasteiger partial charge in [-0.25, -0.2) is 4.79 Å². The van der Waals surface area contributed by atoms with Crippen LogP contribution in [-0.2, 0) is 16.1 Å². The number of ether oxygens (including phenoxy) is 2. The van der Waals surface area contributed by atoms with Gasteiger partial charge in [0.15, 0.2) is 0 Å². The van der Waals surface area contributed by atoms with Crippen LogP contribution >= 0.6 is 0 Å². The summed E-state index contributed by atoms with van der Waals surface area (Å²) in [5, 5.41) is 9.68. The molecular formula is C27H36O4. The molecule has 1 fully saturated rings. The van der Waals surface area contributed by atoms with E-state index in [0.717, 1.165) is 22.3 Å². The van der Waals surface area contributed by atoms with Gasteiger partial charge < -0.3 is 14.6 Å². The predicted octanol–water partition coefficient (Wildman–Crippen LogP) is 6.64. The molecule has 3 rings (SSSR count). The number of hydrogen-bond donors (Lipinski definition) is 1. The summed E-state index contributed by atoms with van der Waals surface area (Å²) < 4.78 is 12.6. The molecule has 0 heterocycles. The van der Waals surface area contributed by atoms with E-state index in [1.54, 1.807) is 6.07 Å². The zero-order valence-electron chi connectivity index (χ0n) is 19.3. The molecule has 0 saturated heterocycles. The van der Waals surface area contributed by atoms with Crippen molar-refractivity contribution in [1.82, 2.24) is 0 Å². The van der Waals surface area contributed by atoms with Gasteiger partial charge in [0.1, 0.15) is 0 Å². The van der Waals surface area contributed by atoms with Gasteiger partial charge in [0.05, 0.1) is 30.5 Å². The highest BCUT2D eigenvalue weighted by Gasteiger charge is 2.30. The third-order valence-electron chi connectivity index (χ3n) is 6.27. The molecular weight excluding hydrogens is 388 g/mol. The maximum atomic E-state index is 11.8. The van der Waals surface area contributed by atoms with E-state index in [1.165, 1.54) is 32.1 Å². The van der Waals surface area contributed by atoms with Crippen molar-refractivity contribution >= 4 is 5.97 Å². The molecule has 0 spiro atoms. The van der Waals surface area contributed by atoms with Gasteiger partial charge in [0.25, 0.3) is 0 Å². The fraction of sp³-hybridized carbons (Fsp3) is 0.519. The van der Waals surface area contributed by atoms with Gasteiger partial charge in [-0.2, -0.15) is 0 Å². The summed E-state index contributed by atoms with van der Waals surface area (Å²) in [6.07, 6.45) is 6.50. The number of rotatable bonds is 9. The van der Waals surface area contributed by atoms with Gasteiger partial charge in [-0.15, -0.1) is 0 Å². The Bertz CT molecular complexity index is 867. The fourth-order valence-electron chi connectivity index (χ4n) is 4.67. The summed E-state index contributed by atoms with van der Waals surface area (Å²) in [5.41, 5.74) is 4.02. The van der Waals surface area contributed by atoms with E-state index < -0.39 is 5.97 Å². The highest BCUT2D eigenvalue weighted by atomic mass is 16.5. The summed E-state index contributed by atoms with van der Waals surface area (Å²) in [6.45, 7) is 8.72. The molecule has 0 aliphatic heterocycles. The lowest BCUT2D eigenvalue weighted by atomic mass is 9.83. The number of benzene rings is 2. The summed E-state index contributed by atoms with van der Waals surface area (Å²) in [7, 11) is 0. The zero-order chi connectivity index (χ0) is 22.4. The van der Waals surface area contributed by atoms with E-state index in [4.69, 9.17) is 9.47 Å². The summed E-state index contributed by atoms with van der Waals surface area (Å²) in [4.78, 5) is 11.8. The van der Waals surface area contributed by atoms with Crippen LogP contribution in [0.15, 0.2) is 42.5 Å². The first-order valence-corrected chi connectivity index (χ1v) is 11.6. The van der Waals surface area contributed by atoms with Crippen LogP contribution in [0.25, 0.3) is 11.1 Å². The molecule has 1 saturated carbocycles. The molecule has 1 N–H and O–H groups in total. The second-order valence-electron chi connectivity index (χ2n) is 9.06. The molecule has 4 heteroatoms. The van der Waals surface area contributed by atoms with Crippen LogP contribution in [0.5, 0.6) is 0 Å². The number of aromatic carboxylic acids is 1. The van der Waals surface area contributed by atoms with Gasteiger partial charge in [-0.1, -0.05) is 49.6 Å². The number of carboxylic acids is 1. The fourth-order valence-corrected chi connectivity index (χ4v) is 4.67. The SMILES string of the molecule is Cc1ccccc1-c1cc(CO[C@@H](C)C(OC(C)C)C2CCCCC2)ccc1C(=O)O. The normalized spacial score (nSPS) is 16.9. The van der Waals surface area contributed by atoms with Gasteiger partial charge in [-0.3, -0.25) is 0 Å². The Morgan fingerprint density at radius 1 is 1.03 bits per heavy atom. The Balaban J connectivity index is 1.78. The monoisotopic (exact) mass is 424 g/mol. The Hall–Kier alpha value is -2.17. The average molecular weight is 425 g/mol. The van der Waals surface area contributed by atoms with E-state index in [1.807, 2.05) is 43.3 Å². The third kappa shape index (κ3) is 6.18. The van der Waals surface area contributed by atoms with Crippen LogP contribution in [0.1, 0.15) is 74.4 Å². The minimum absolute atomic E-state index is 0.0217. The smallest absolute Gasteiger partial charge is 0.336 e. The van der Waals surface area contributed by atoms with Gasteiger partial charge in [0.2, 0.25) is 0 Å². The summed E-state index contributed by atoms with van der Waals surface area (Å²) >= 11 is 0. The molecule has 0 aromatic heterocycles. The molecule has 2 atom stereocenters. The first-order valence-electron chi connectivity index (χ1n) is 11.6. The van der Waals surface area contributed by atoms with Crippen LogP contribution < -0.4 is 0 Å². The lowest BCUT2D eigenvalue weighted by molar-refractivity contribution is -0.120. The van der Waals surface area contributed by atoms with E-state index >= 15 is 0 Å². The second-order valence-corrected chi connectivity index (χ2v) is 9.06. The summed E-state index contributed by atoms with van der Waals surface area (Å²) in [5.74, 6) is -0.371. The number of aryl methyl sites for hydroxylation is 1. The van der Waals surface area contributed by atoms with Crippen LogP contribution in [-0.4, -0.2) is 29.4 Å². The average Bonchev–Trinajstić information content (AvgIpc) is 2.76. The molecule has 1 unspecified atom stereocenters. The maximum Gasteiger partial charge on any atom is 0.336 e. The molecule has 0 radical (unpaired) electrons. The standard InChI is InChI=1S/C27H36O4/c1-18(2)31-26(22-11-6-5-7-12-22)20(4)30-17-21-14-15-24(27(28)29)25(16-21)23-13-9-8-10-19(23)3/h8-10,13-16,18,20,22,26H,5-7,11-12,17H2,1-4H3,(H,28,29)/t20-,26?/m0/s1. The lowest BCUT2D eigenvalue weighted by Crippen LogP contribution is -2.38. The number of hydrogen-bond acceptors (Lipinski definition) is 3. The van der Waals surface area contributed by atoms with Crippen molar-refractivity contribution in [3.05, 3.63) is 59.2 Å². The quantitative estimate of drug-likeness (QED) is 0.490. The highest BCUT2D eigenvalue weighted by Crippen LogP contribution is 2.32. The minimum Gasteiger partial charge on any atom is -0.478 e. The van der Waals surface area contributed by atoms with Crippen molar-refractivity contribution in [2.45, 2.75) is 84.7 Å². The lowest BCUT2D eigenvalue weighted by Gasteiger charge is -2.35. The van der Waals surface area contributed by atoms with Crippen molar-refractivity contribution in [3.8, 4) is 11.1 Å². The molecule has 1 aliphatic rings. The minimum atomic E-state index is -0.915. The van der Waals surface area contributed by atoms with Crippen molar-refractivity contribution < 1.29 is 19.4 Å². The van der Waals surface area contributed by atoms with Crippen LogP contribution in [0.3, 0.4) is 0 Å². The van der Waals surface area contributed by atoms with Gasteiger partial charge in [-0.05, 0) is 80.8 Å². The van der Waals surface area contributed by atoms with E-state index in [0.29, 0.717) is 18.1 Å². The van der Waals surface area contributed by atoms with Gasteiger partial charge >= 0.3 is 5.97 Å². The van der Waals surface area contributed by atoms with Crippen molar-refractivity contribution in [1.29, 1.82) is 0 Å². The predicted molar refractivity (Wildman–Crippen MR) is 124 cm³/mol. The van der Waals surface area contributed by atoms with Crippen molar-refractivity contribution in [3.63, 3.8) is 0 Å². The Labute approximate surface area is 186 Å². The molecule has 31 heavy (non-hydrogen) atoms. The molecule has 1 aliphatic carbocycles. The molecule has 2 aromatic carbocycles. The Morgan fingerprint density at radius 3 is 2.39 bits per heavy atom. The highest BCUT2D eigenvalue weighted by molar-refractivity contribution is 5.96. The number of carboxylic acid groups (broad SMARTS) is 1.